The predicted molar refractivity (Wildman–Crippen MR) is 76.6 cm³/mol. The average molecular weight is 319 g/mol. The van der Waals surface area contributed by atoms with E-state index in [1.165, 1.54) is 4.88 Å². The highest BCUT2D eigenvalue weighted by molar-refractivity contribution is 9.11. The SMILES string of the molecule is CNCCC(=O)NCC(C)(C)c1ccc(Br)s1. The molecule has 0 saturated heterocycles. The molecule has 3 nitrogen and oxygen atoms in total. The van der Waals surface area contributed by atoms with Crippen LogP contribution in [0.2, 0.25) is 0 Å². The summed E-state index contributed by atoms with van der Waals surface area (Å²) in [5.41, 5.74) is -0.0218. The second kappa shape index (κ2) is 6.52. The van der Waals surface area contributed by atoms with Crippen molar-refractivity contribution in [3.8, 4) is 0 Å². The van der Waals surface area contributed by atoms with Gasteiger partial charge in [-0.25, -0.2) is 0 Å². The smallest absolute Gasteiger partial charge is 0.221 e. The molecular formula is C12H19BrN2OS. The summed E-state index contributed by atoms with van der Waals surface area (Å²) < 4.78 is 1.13. The molecule has 0 aliphatic heterocycles. The molecule has 0 fully saturated rings. The third-order valence-electron chi connectivity index (χ3n) is 2.57. The lowest BCUT2D eigenvalue weighted by Crippen LogP contribution is -2.37. The van der Waals surface area contributed by atoms with Crippen molar-refractivity contribution in [1.29, 1.82) is 0 Å². The van der Waals surface area contributed by atoms with Gasteiger partial charge < -0.3 is 10.6 Å². The standard InChI is InChI=1S/C12H19BrN2OS/c1-12(2,9-4-5-10(13)17-9)8-15-11(16)6-7-14-3/h4-5,14H,6-8H2,1-3H3,(H,15,16). The number of amides is 1. The molecule has 0 radical (unpaired) electrons. The van der Waals surface area contributed by atoms with E-state index in [-0.39, 0.29) is 11.3 Å². The number of halogens is 1. The van der Waals surface area contributed by atoms with Crippen LogP contribution in [0.25, 0.3) is 0 Å². The molecule has 0 aliphatic rings. The Kier molecular flexibility index (Phi) is 5.62. The molecule has 2 N–H and O–H groups in total. The fourth-order valence-corrected chi connectivity index (χ4v) is 2.90. The van der Waals surface area contributed by atoms with Crippen molar-refractivity contribution < 1.29 is 4.79 Å². The zero-order valence-electron chi connectivity index (χ0n) is 10.5. The van der Waals surface area contributed by atoms with Crippen LogP contribution in [0, 0.1) is 0 Å². The predicted octanol–water partition coefficient (Wildman–Crippen LogP) is 2.51. The fourth-order valence-electron chi connectivity index (χ4n) is 1.41. The van der Waals surface area contributed by atoms with Gasteiger partial charge in [0.2, 0.25) is 5.91 Å². The lowest BCUT2D eigenvalue weighted by atomic mass is 9.91. The molecule has 0 unspecified atom stereocenters. The summed E-state index contributed by atoms with van der Waals surface area (Å²) in [4.78, 5) is 12.8. The van der Waals surface area contributed by atoms with Crippen molar-refractivity contribution in [2.45, 2.75) is 25.7 Å². The first kappa shape index (κ1) is 14.7. The summed E-state index contributed by atoms with van der Waals surface area (Å²) in [6.07, 6.45) is 0.528. The quantitative estimate of drug-likeness (QED) is 0.846. The molecule has 1 aromatic heterocycles. The maximum atomic E-state index is 11.5. The van der Waals surface area contributed by atoms with Gasteiger partial charge in [-0.1, -0.05) is 13.8 Å². The van der Waals surface area contributed by atoms with Crippen LogP contribution in [-0.4, -0.2) is 26.0 Å². The number of thiophene rings is 1. The van der Waals surface area contributed by atoms with Crippen LogP contribution in [0.5, 0.6) is 0 Å². The van der Waals surface area contributed by atoms with E-state index in [9.17, 15) is 4.79 Å². The van der Waals surface area contributed by atoms with Crippen LogP contribution < -0.4 is 10.6 Å². The van der Waals surface area contributed by atoms with Gasteiger partial charge in [-0.3, -0.25) is 4.79 Å². The molecule has 96 valence electrons. The van der Waals surface area contributed by atoms with E-state index in [1.54, 1.807) is 11.3 Å². The van der Waals surface area contributed by atoms with E-state index in [2.05, 4.69) is 46.5 Å². The Bertz CT molecular complexity index is 376. The third kappa shape index (κ3) is 4.77. The van der Waals surface area contributed by atoms with Crippen LogP contribution in [0.4, 0.5) is 0 Å². The summed E-state index contributed by atoms with van der Waals surface area (Å²) in [6.45, 7) is 5.67. The van der Waals surface area contributed by atoms with Gasteiger partial charge in [0.15, 0.2) is 0 Å². The molecule has 5 heteroatoms. The highest BCUT2D eigenvalue weighted by atomic mass is 79.9. The van der Waals surface area contributed by atoms with E-state index >= 15 is 0 Å². The van der Waals surface area contributed by atoms with Crippen molar-refractivity contribution >= 4 is 33.2 Å². The van der Waals surface area contributed by atoms with E-state index < -0.39 is 0 Å². The van der Waals surface area contributed by atoms with Crippen LogP contribution in [0.1, 0.15) is 25.1 Å². The van der Waals surface area contributed by atoms with Crippen molar-refractivity contribution in [3.05, 3.63) is 20.8 Å². The van der Waals surface area contributed by atoms with Gasteiger partial charge in [0.1, 0.15) is 0 Å². The molecule has 0 saturated carbocycles. The normalized spacial score (nSPS) is 11.5. The van der Waals surface area contributed by atoms with Gasteiger partial charge in [-0.2, -0.15) is 0 Å². The number of rotatable bonds is 6. The monoisotopic (exact) mass is 318 g/mol. The van der Waals surface area contributed by atoms with Crippen molar-refractivity contribution in [3.63, 3.8) is 0 Å². The van der Waals surface area contributed by atoms with Crippen LogP contribution in [-0.2, 0) is 10.2 Å². The molecule has 0 bridgehead atoms. The molecule has 1 heterocycles. The van der Waals surface area contributed by atoms with Gasteiger partial charge in [-0.05, 0) is 35.1 Å². The molecule has 0 aliphatic carbocycles. The zero-order valence-corrected chi connectivity index (χ0v) is 12.9. The van der Waals surface area contributed by atoms with E-state index in [4.69, 9.17) is 0 Å². The minimum Gasteiger partial charge on any atom is -0.355 e. The van der Waals surface area contributed by atoms with Crippen LogP contribution in [0.15, 0.2) is 15.9 Å². The van der Waals surface area contributed by atoms with E-state index in [0.717, 1.165) is 10.3 Å². The minimum absolute atomic E-state index is 0.0218. The molecule has 1 amide bonds. The zero-order chi connectivity index (χ0) is 12.9. The first-order valence-electron chi connectivity index (χ1n) is 5.63. The molecular weight excluding hydrogens is 300 g/mol. The Hall–Kier alpha value is -0.390. The summed E-state index contributed by atoms with van der Waals surface area (Å²) in [5, 5.41) is 5.94. The highest BCUT2D eigenvalue weighted by Crippen LogP contribution is 2.32. The second-order valence-corrected chi connectivity index (χ2v) is 7.08. The van der Waals surface area contributed by atoms with Gasteiger partial charge >= 0.3 is 0 Å². The maximum Gasteiger partial charge on any atom is 0.221 e. The lowest BCUT2D eigenvalue weighted by Gasteiger charge is -2.23. The second-order valence-electron chi connectivity index (χ2n) is 4.62. The van der Waals surface area contributed by atoms with Crippen LogP contribution in [0.3, 0.4) is 0 Å². The van der Waals surface area contributed by atoms with E-state index in [0.29, 0.717) is 13.0 Å². The molecule has 1 aromatic rings. The van der Waals surface area contributed by atoms with Gasteiger partial charge in [0.25, 0.3) is 0 Å². The largest absolute Gasteiger partial charge is 0.355 e. The Balaban J connectivity index is 2.47. The summed E-state index contributed by atoms with van der Waals surface area (Å²) in [5.74, 6) is 0.100. The Morgan fingerprint density at radius 3 is 2.71 bits per heavy atom. The first-order chi connectivity index (χ1) is 7.95. The number of carbonyl (C=O) groups excluding carboxylic acids is 1. The minimum atomic E-state index is -0.0218. The van der Waals surface area contributed by atoms with Gasteiger partial charge in [0, 0.05) is 29.8 Å². The van der Waals surface area contributed by atoms with Crippen molar-refractivity contribution in [2.75, 3.05) is 20.1 Å². The molecule has 0 spiro atoms. The third-order valence-corrected chi connectivity index (χ3v) is 4.56. The fraction of sp³-hybridized carbons (Fsp3) is 0.583. The molecule has 17 heavy (non-hydrogen) atoms. The highest BCUT2D eigenvalue weighted by Gasteiger charge is 2.23. The molecule has 0 aromatic carbocycles. The van der Waals surface area contributed by atoms with Crippen molar-refractivity contribution in [1.82, 2.24) is 10.6 Å². The van der Waals surface area contributed by atoms with Gasteiger partial charge in [0.05, 0.1) is 3.79 Å². The first-order valence-corrected chi connectivity index (χ1v) is 7.24. The maximum absolute atomic E-state index is 11.5. The molecule has 1 rings (SSSR count). The summed E-state index contributed by atoms with van der Waals surface area (Å²) in [7, 11) is 1.85. The number of nitrogens with one attached hydrogen (secondary N) is 2. The summed E-state index contributed by atoms with van der Waals surface area (Å²) in [6, 6.07) is 4.15. The molecule has 0 atom stereocenters. The van der Waals surface area contributed by atoms with Gasteiger partial charge in [-0.15, -0.1) is 11.3 Å². The Morgan fingerprint density at radius 1 is 1.47 bits per heavy atom. The van der Waals surface area contributed by atoms with Crippen LogP contribution >= 0.6 is 27.3 Å². The Labute approximate surface area is 115 Å². The lowest BCUT2D eigenvalue weighted by molar-refractivity contribution is -0.121. The Morgan fingerprint density at radius 2 is 2.18 bits per heavy atom. The number of hydrogen-bond donors (Lipinski definition) is 2. The van der Waals surface area contributed by atoms with Crippen molar-refractivity contribution in [2.24, 2.45) is 0 Å². The number of carbonyl (C=O) groups is 1. The average Bonchev–Trinajstić information content (AvgIpc) is 2.71. The number of hydrogen-bond acceptors (Lipinski definition) is 3. The topological polar surface area (TPSA) is 41.1 Å². The van der Waals surface area contributed by atoms with E-state index in [1.807, 2.05) is 13.1 Å². The summed E-state index contributed by atoms with van der Waals surface area (Å²) >= 11 is 5.18.